The first kappa shape index (κ1) is 9.91. The van der Waals surface area contributed by atoms with Gasteiger partial charge in [-0.3, -0.25) is 4.79 Å². The quantitative estimate of drug-likeness (QED) is 0.714. The number of hydrogen-bond donors (Lipinski definition) is 0. The van der Waals surface area contributed by atoms with Gasteiger partial charge in [0.2, 0.25) is 0 Å². The van der Waals surface area contributed by atoms with Crippen molar-refractivity contribution in [3.8, 4) is 0 Å². The van der Waals surface area contributed by atoms with Gasteiger partial charge in [-0.05, 0) is 18.9 Å². The van der Waals surface area contributed by atoms with Gasteiger partial charge < -0.3 is 0 Å². The predicted octanol–water partition coefficient (Wildman–Crippen LogP) is 3.03. The van der Waals surface area contributed by atoms with Crippen LogP contribution in [0, 0.1) is 0 Å². The largest absolute Gasteiger partial charge is 0.299 e. The van der Waals surface area contributed by atoms with Crippen LogP contribution in [0.3, 0.4) is 0 Å². The van der Waals surface area contributed by atoms with E-state index < -0.39 is 5.41 Å². The van der Waals surface area contributed by atoms with Crippen molar-refractivity contribution in [2.75, 3.05) is 0 Å². The van der Waals surface area contributed by atoms with Crippen LogP contribution in [-0.4, -0.2) is 5.78 Å². The Hall–Kier alpha value is -1.63. The Morgan fingerprint density at radius 1 is 1.20 bits per heavy atom. The van der Waals surface area contributed by atoms with E-state index in [9.17, 15) is 4.79 Å². The highest BCUT2D eigenvalue weighted by atomic mass is 16.1. The molecule has 1 aliphatic rings. The van der Waals surface area contributed by atoms with E-state index in [1.165, 1.54) is 0 Å². The molecule has 2 rings (SSSR count). The zero-order valence-electron chi connectivity index (χ0n) is 8.81. The minimum Gasteiger partial charge on any atom is -0.299 e. The summed E-state index contributed by atoms with van der Waals surface area (Å²) in [6.07, 6.45) is 8.77. The van der Waals surface area contributed by atoms with Gasteiger partial charge in [-0.15, -0.1) is 0 Å². The molecule has 0 aliphatic heterocycles. The van der Waals surface area contributed by atoms with Crippen LogP contribution in [0.15, 0.2) is 54.6 Å². The number of benzene rings is 1. The van der Waals surface area contributed by atoms with Crippen molar-refractivity contribution >= 4 is 5.78 Å². The lowest BCUT2D eigenvalue weighted by molar-refractivity contribution is -0.120. The smallest absolute Gasteiger partial charge is 0.144 e. The average molecular weight is 198 g/mol. The van der Waals surface area contributed by atoms with Crippen molar-refractivity contribution in [1.29, 1.82) is 0 Å². The fourth-order valence-corrected chi connectivity index (χ4v) is 2.03. The molecule has 76 valence electrons. The lowest BCUT2D eigenvalue weighted by Crippen LogP contribution is -2.32. The summed E-state index contributed by atoms with van der Waals surface area (Å²) in [7, 11) is 0. The van der Waals surface area contributed by atoms with Crippen LogP contribution < -0.4 is 0 Å². The van der Waals surface area contributed by atoms with Gasteiger partial charge in [0.15, 0.2) is 0 Å². The van der Waals surface area contributed by atoms with E-state index in [0.717, 1.165) is 12.0 Å². The fourth-order valence-electron chi connectivity index (χ4n) is 2.03. The molecule has 0 aromatic heterocycles. The van der Waals surface area contributed by atoms with E-state index in [-0.39, 0.29) is 5.78 Å². The highest BCUT2D eigenvalue weighted by Crippen LogP contribution is 2.33. The van der Waals surface area contributed by atoms with Crippen LogP contribution in [0.4, 0.5) is 0 Å². The second-order valence-electron chi connectivity index (χ2n) is 3.88. The molecular formula is C14H14O. The maximum Gasteiger partial charge on any atom is 0.144 e. The van der Waals surface area contributed by atoms with Gasteiger partial charge in [-0.2, -0.15) is 0 Å². The van der Waals surface area contributed by atoms with Crippen molar-refractivity contribution in [2.45, 2.75) is 18.8 Å². The third-order valence-electron chi connectivity index (χ3n) is 2.98. The summed E-state index contributed by atoms with van der Waals surface area (Å²) in [5.41, 5.74) is 0.647. The molecule has 1 nitrogen and oxygen atoms in total. The Labute approximate surface area is 90.1 Å². The molecule has 1 aliphatic carbocycles. The molecule has 1 heteroatoms. The number of Topliss-reactive ketones (excluding diaryl/α,β-unsaturated/α-hetero) is 1. The van der Waals surface area contributed by atoms with Gasteiger partial charge in [-0.25, -0.2) is 0 Å². The lowest BCUT2D eigenvalue weighted by atomic mass is 9.73. The first-order chi connectivity index (χ1) is 7.26. The maximum absolute atomic E-state index is 11.8. The van der Waals surface area contributed by atoms with Crippen LogP contribution >= 0.6 is 0 Å². The summed E-state index contributed by atoms with van der Waals surface area (Å²) in [5, 5.41) is 0. The molecule has 0 N–H and O–H groups in total. The fraction of sp³-hybridized carbons (Fsp3) is 0.214. The number of hydrogen-bond acceptors (Lipinski definition) is 1. The van der Waals surface area contributed by atoms with Crippen molar-refractivity contribution in [3.63, 3.8) is 0 Å². The Bertz CT molecular complexity index is 414. The molecule has 0 amide bonds. The van der Waals surface area contributed by atoms with Crippen LogP contribution in [0.5, 0.6) is 0 Å². The molecule has 0 fully saturated rings. The summed E-state index contributed by atoms with van der Waals surface area (Å²) in [5.74, 6) is 0.203. The number of carbonyl (C=O) groups excluding carboxylic acids is 1. The third kappa shape index (κ3) is 1.65. The van der Waals surface area contributed by atoms with Gasteiger partial charge in [0.1, 0.15) is 5.78 Å². The Morgan fingerprint density at radius 2 is 1.93 bits per heavy atom. The lowest BCUT2D eigenvalue weighted by Gasteiger charge is -2.28. The maximum atomic E-state index is 11.8. The molecule has 15 heavy (non-hydrogen) atoms. The van der Waals surface area contributed by atoms with Crippen LogP contribution in [0.1, 0.15) is 18.9 Å². The van der Waals surface area contributed by atoms with Gasteiger partial charge in [0.05, 0.1) is 5.41 Å². The second kappa shape index (κ2) is 3.85. The highest BCUT2D eigenvalue weighted by Gasteiger charge is 2.33. The monoisotopic (exact) mass is 198 g/mol. The van der Waals surface area contributed by atoms with E-state index in [1.54, 1.807) is 6.92 Å². The topological polar surface area (TPSA) is 17.1 Å². The second-order valence-corrected chi connectivity index (χ2v) is 3.88. The Morgan fingerprint density at radius 3 is 2.47 bits per heavy atom. The van der Waals surface area contributed by atoms with Gasteiger partial charge in [0.25, 0.3) is 0 Å². The summed E-state index contributed by atoms with van der Waals surface area (Å²) < 4.78 is 0. The van der Waals surface area contributed by atoms with Crippen molar-refractivity contribution in [1.82, 2.24) is 0 Å². The minimum atomic E-state index is -0.435. The SMILES string of the molecule is CC(=O)C1(c2ccccc2)C=CC=CC1. The van der Waals surface area contributed by atoms with E-state index >= 15 is 0 Å². The minimum absolute atomic E-state index is 0.203. The van der Waals surface area contributed by atoms with Crippen LogP contribution in [0.25, 0.3) is 0 Å². The summed E-state index contributed by atoms with van der Waals surface area (Å²) in [4.78, 5) is 11.8. The molecular weight excluding hydrogens is 184 g/mol. The number of rotatable bonds is 2. The molecule has 0 spiro atoms. The Kier molecular flexibility index (Phi) is 2.55. The summed E-state index contributed by atoms with van der Waals surface area (Å²) in [6.45, 7) is 1.66. The Balaban J connectivity index is 2.49. The number of ketones is 1. The van der Waals surface area contributed by atoms with E-state index in [4.69, 9.17) is 0 Å². The molecule has 0 radical (unpaired) electrons. The first-order valence-corrected chi connectivity index (χ1v) is 5.17. The standard InChI is InChI=1S/C14H14O/c1-12(15)14(10-6-3-7-11-14)13-8-4-2-5-9-13/h2-10H,11H2,1H3. The number of carbonyl (C=O) groups is 1. The molecule has 0 saturated carbocycles. The predicted molar refractivity (Wildman–Crippen MR) is 61.7 cm³/mol. The zero-order valence-corrected chi connectivity index (χ0v) is 8.81. The molecule has 1 atom stereocenters. The van der Waals surface area contributed by atoms with Crippen molar-refractivity contribution in [3.05, 3.63) is 60.2 Å². The molecule has 0 heterocycles. The molecule has 0 bridgehead atoms. The van der Waals surface area contributed by atoms with E-state index in [2.05, 4.69) is 6.08 Å². The van der Waals surface area contributed by atoms with Gasteiger partial charge in [0, 0.05) is 0 Å². The normalized spacial score (nSPS) is 24.1. The van der Waals surface area contributed by atoms with Gasteiger partial charge in [-0.1, -0.05) is 54.6 Å². The van der Waals surface area contributed by atoms with Gasteiger partial charge >= 0.3 is 0 Å². The average Bonchev–Trinajstić information content (AvgIpc) is 2.31. The third-order valence-corrected chi connectivity index (χ3v) is 2.98. The van der Waals surface area contributed by atoms with E-state index in [1.807, 2.05) is 48.6 Å². The zero-order chi connectivity index (χ0) is 10.7. The van der Waals surface area contributed by atoms with Crippen molar-refractivity contribution in [2.24, 2.45) is 0 Å². The summed E-state index contributed by atoms with van der Waals surface area (Å²) in [6, 6.07) is 9.97. The molecule has 0 saturated heterocycles. The molecule has 1 aromatic carbocycles. The van der Waals surface area contributed by atoms with Crippen LogP contribution in [-0.2, 0) is 10.2 Å². The summed E-state index contributed by atoms with van der Waals surface area (Å²) >= 11 is 0. The number of allylic oxidation sites excluding steroid dienone is 4. The molecule has 1 unspecified atom stereocenters. The first-order valence-electron chi connectivity index (χ1n) is 5.17. The van der Waals surface area contributed by atoms with E-state index in [0.29, 0.717) is 0 Å². The molecule has 1 aromatic rings. The highest BCUT2D eigenvalue weighted by molar-refractivity contribution is 5.91. The van der Waals surface area contributed by atoms with Crippen LogP contribution in [0.2, 0.25) is 0 Å². The van der Waals surface area contributed by atoms with Crippen molar-refractivity contribution < 1.29 is 4.79 Å².